The maximum Gasteiger partial charge on any atom is 0.264 e. The fraction of sp³-hybridized carbons (Fsp3) is 0.182. The highest BCUT2D eigenvalue weighted by Crippen LogP contribution is 2.37. The zero-order chi connectivity index (χ0) is 21.3. The van der Waals surface area contributed by atoms with Gasteiger partial charge in [-0.3, -0.25) is 14.1 Å². The number of halogens is 1. The average Bonchev–Trinajstić information content (AvgIpc) is 3.08. The van der Waals surface area contributed by atoms with Crippen molar-refractivity contribution in [3.8, 4) is 0 Å². The number of anilines is 1. The van der Waals surface area contributed by atoms with E-state index in [2.05, 4.69) is 10.3 Å². The molecule has 1 aromatic heterocycles. The van der Waals surface area contributed by atoms with Crippen molar-refractivity contribution in [3.63, 3.8) is 0 Å². The summed E-state index contributed by atoms with van der Waals surface area (Å²) in [6.45, 7) is 2.23. The summed E-state index contributed by atoms with van der Waals surface area (Å²) < 4.78 is 27.8. The van der Waals surface area contributed by atoms with Crippen LogP contribution in [0.1, 0.15) is 28.4 Å². The van der Waals surface area contributed by atoms with Crippen molar-refractivity contribution < 1.29 is 13.2 Å². The fourth-order valence-electron chi connectivity index (χ4n) is 3.62. The molecule has 3 aromatic rings. The van der Waals surface area contributed by atoms with Crippen LogP contribution < -0.4 is 9.62 Å². The van der Waals surface area contributed by atoms with Gasteiger partial charge in [0.25, 0.3) is 15.9 Å². The molecule has 0 unspecified atom stereocenters. The normalized spacial score (nSPS) is 15.7. The Morgan fingerprint density at radius 2 is 1.97 bits per heavy atom. The zero-order valence-corrected chi connectivity index (χ0v) is 17.8. The second-order valence-electron chi connectivity index (χ2n) is 7.20. The lowest BCUT2D eigenvalue weighted by Crippen LogP contribution is -2.35. The van der Waals surface area contributed by atoms with E-state index in [0.29, 0.717) is 29.2 Å². The number of aromatic nitrogens is 1. The van der Waals surface area contributed by atoms with E-state index in [1.54, 1.807) is 42.7 Å². The lowest BCUT2D eigenvalue weighted by atomic mass is 10.1. The molecule has 8 heteroatoms. The van der Waals surface area contributed by atoms with Gasteiger partial charge in [0, 0.05) is 35.6 Å². The summed E-state index contributed by atoms with van der Waals surface area (Å²) in [6.07, 6.45) is 3.91. The topological polar surface area (TPSA) is 79.4 Å². The van der Waals surface area contributed by atoms with Gasteiger partial charge in [-0.2, -0.15) is 0 Å². The molecule has 0 spiro atoms. The third-order valence-corrected chi connectivity index (χ3v) is 7.24. The Kier molecular flexibility index (Phi) is 5.49. The van der Waals surface area contributed by atoms with Crippen molar-refractivity contribution in [2.45, 2.75) is 30.8 Å². The van der Waals surface area contributed by atoms with Gasteiger partial charge in [0.05, 0.1) is 10.6 Å². The fourth-order valence-corrected chi connectivity index (χ4v) is 5.44. The van der Waals surface area contributed by atoms with Crippen molar-refractivity contribution in [2.75, 3.05) is 4.31 Å². The van der Waals surface area contributed by atoms with E-state index in [1.807, 2.05) is 19.1 Å². The molecular weight excluding hydrogens is 422 g/mol. The number of carbonyl (C=O) groups is 1. The van der Waals surface area contributed by atoms with Gasteiger partial charge in [-0.15, -0.1) is 0 Å². The Morgan fingerprint density at radius 3 is 2.67 bits per heavy atom. The summed E-state index contributed by atoms with van der Waals surface area (Å²) in [4.78, 5) is 16.8. The van der Waals surface area contributed by atoms with Gasteiger partial charge >= 0.3 is 0 Å². The number of carbonyl (C=O) groups excluding carboxylic acids is 1. The summed E-state index contributed by atoms with van der Waals surface area (Å²) >= 11 is 5.89. The van der Waals surface area contributed by atoms with Crippen LogP contribution in [-0.2, 0) is 23.0 Å². The molecule has 1 aliphatic rings. The molecule has 1 atom stereocenters. The van der Waals surface area contributed by atoms with Crippen LogP contribution in [0, 0.1) is 0 Å². The minimum Gasteiger partial charge on any atom is -0.348 e. The monoisotopic (exact) mass is 441 g/mol. The maximum atomic E-state index is 13.2. The first-order chi connectivity index (χ1) is 14.4. The van der Waals surface area contributed by atoms with E-state index in [-0.39, 0.29) is 16.8 Å². The molecule has 30 heavy (non-hydrogen) atoms. The number of hydrogen-bond donors (Lipinski definition) is 1. The quantitative estimate of drug-likeness (QED) is 0.653. The van der Waals surface area contributed by atoms with E-state index in [0.717, 1.165) is 11.1 Å². The van der Waals surface area contributed by atoms with Crippen molar-refractivity contribution in [3.05, 3.63) is 88.7 Å². The minimum atomic E-state index is -3.73. The zero-order valence-electron chi connectivity index (χ0n) is 16.2. The molecule has 2 aromatic carbocycles. The molecule has 0 fully saturated rings. The number of benzene rings is 2. The number of pyridine rings is 1. The summed E-state index contributed by atoms with van der Waals surface area (Å²) in [5.41, 5.74) is 2.83. The number of amides is 1. The van der Waals surface area contributed by atoms with Crippen LogP contribution in [0.2, 0.25) is 5.02 Å². The van der Waals surface area contributed by atoms with Gasteiger partial charge < -0.3 is 5.32 Å². The summed E-state index contributed by atoms with van der Waals surface area (Å²) in [6, 6.07) is 14.7. The Hall–Kier alpha value is -2.90. The van der Waals surface area contributed by atoms with E-state index in [9.17, 15) is 13.2 Å². The largest absolute Gasteiger partial charge is 0.348 e. The van der Waals surface area contributed by atoms with Crippen LogP contribution in [-0.4, -0.2) is 25.4 Å². The molecule has 4 rings (SSSR count). The standard InChI is InChI=1S/C22H20ClN3O3S/c1-15-11-18-12-17(22(27)25-14-16-3-2-10-24-13-16)4-9-21(18)26(15)30(28,29)20-7-5-19(23)6-8-20/h2-10,12-13,15H,11,14H2,1H3,(H,25,27)/t15-/m1/s1. The number of hydrogen-bond acceptors (Lipinski definition) is 4. The van der Waals surface area contributed by atoms with Crippen molar-refractivity contribution >= 4 is 33.2 Å². The second kappa shape index (κ2) is 8.08. The Bertz CT molecular complexity index is 1180. The van der Waals surface area contributed by atoms with Crippen molar-refractivity contribution in [2.24, 2.45) is 0 Å². The highest BCUT2D eigenvalue weighted by molar-refractivity contribution is 7.92. The van der Waals surface area contributed by atoms with Gasteiger partial charge in [0.1, 0.15) is 0 Å². The van der Waals surface area contributed by atoms with E-state index in [4.69, 9.17) is 11.6 Å². The molecule has 6 nitrogen and oxygen atoms in total. The first-order valence-corrected chi connectivity index (χ1v) is 11.3. The highest BCUT2D eigenvalue weighted by Gasteiger charge is 2.36. The van der Waals surface area contributed by atoms with Crippen LogP contribution in [0.4, 0.5) is 5.69 Å². The number of fused-ring (bicyclic) bond motifs is 1. The number of rotatable bonds is 5. The maximum absolute atomic E-state index is 13.2. The average molecular weight is 442 g/mol. The van der Waals surface area contributed by atoms with Gasteiger partial charge in [-0.05, 0) is 73.0 Å². The molecule has 2 heterocycles. The molecule has 0 saturated carbocycles. The third-order valence-electron chi connectivity index (χ3n) is 5.04. The smallest absolute Gasteiger partial charge is 0.264 e. The minimum absolute atomic E-state index is 0.185. The molecule has 0 bridgehead atoms. The van der Waals surface area contributed by atoms with Crippen molar-refractivity contribution in [1.29, 1.82) is 0 Å². The Morgan fingerprint density at radius 1 is 1.20 bits per heavy atom. The second-order valence-corrected chi connectivity index (χ2v) is 9.45. The molecule has 154 valence electrons. The van der Waals surface area contributed by atoms with Gasteiger partial charge in [0.15, 0.2) is 0 Å². The number of nitrogens with one attached hydrogen (secondary N) is 1. The highest BCUT2D eigenvalue weighted by atomic mass is 35.5. The number of nitrogens with zero attached hydrogens (tertiary/aromatic N) is 2. The van der Waals surface area contributed by atoms with Gasteiger partial charge in [-0.1, -0.05) is 17.7 Å². The first-order valence-electron chi connectivity index (χ1n) is 9.46. The lowest BCUT2D eigenvalue weighted by Gasteiger charge is -2.24. The Labute approximate surface area is 180 Å². The van der Waals surface area contributed by atoms with Crippen LogP contribution in [0.3, 0.4) is 0 Å². The summed E-state index contributed by atoms with van der Waals surface area (Å²) in [5.74, 6) is -0.215. The lowest BCUT2D eigenvalue weighted by molar-refractivity contribution is 0.0951. The molecule has 0 saturated heterocycles. The van der Waals surface area contributed by atoms with Gasteiger partial charge in [0.2, 0.25) is 0 Å². The molecule has 1 aliphatic heterocycles. The number of sulfonamides is 1. The van der Waals surface area contributed by atoms with Crippen LogP contribution >= 0.6 is 11.6 Å². The Balaban J connectivity index is 1.57. The molecule has 1 N–H and O–H groups in total. The predicted molar refractivity (Wildman–Crippen MR) is 116 cm³/mol. The van der Waals surface area contributed by atoms with E-state index in [1.165, 1.54) is 16.4 Å². The predicted octanol–water partition coefficient (Wildman–Crippen LogP) is 3.80. The van der Waals surface area contributed by atoms with E-state index >= 15 is 0 Å². The SMILES string of the molecule is C[C@@H]1Cc2cc(C(=O)NCc3cccnc3)ccc2N1S(=O)(=O)c1ccc(Cl)cc1. The van der Waals surface area contributed by atoms with Crippen molar-refractivity contribution in [1.82, 2.24) is 10.3 Å². The summed E-state index contributed by atoms with van der Waals surface area (Å²) in [7, 11) is -3.73. The first kappa shape index (κ1) is 20.4. The molecule has 1 amide bonds. The molecule has 0 aliphatic carbocycles. The summed E-state index contributed by atoms with van der Waals surface area (Å²) in [5, 5.41) is 3.34. The van der Waals surface area contributed by atoms with E-state index < -0.39 is 10.0 Å². The molecular formula is C22H20ClN3O3S. The third kappa shape index (κ3) is 3.91. The molecule has 0 radical (unpaired) electrons. The van der Waals surface area contributed by atoms with Crippen LogP contribution in [0.15, 0.2) is 71.9 Å². The van der Waals surface area contributed by atoms with Gasteiger partial charge in [-0.25, -0.2) is 8.42 Å². The van der Waals surface area contributed by atoms with Crippen LogP contribution in [0.5, 0.6) is 0 Å². The van der Waals surface area contributed by atoms with Crippen LogP contribution in [0.25, 0.3) is 0 Å².